The number of rotatable bonds is 5. The minimum absolute atomic E-state index is 0.625. The van der Waals surface area contributed by atoms with Crippen LogP contribution in [0.25, 0.3) is 0 Å². The molecular weight excluding hydrogens is 218 g/mol. The van der Waals surface area contributed by atoms with Gasteiger partial charge in [-0.05, 0) is 39.8 Å². The molecule has 0 aliphatic carbocycles. The zero-order valence-corrected chi connectivity index (χ0v) is 11.4. The molecule has 1 rings (SSSR count). The van der Waals surface area contributed by atoms with E-state index in [0.717, 1.165) is 32.7 Å². The van der Waals surface area contributed by atoms with Gasteiger partial charge in [0.05, 0.1) is 5.69 Å². The molecule has 0 aliphatic heterocycles. The van der Waals surface area contributed by atoms with Crippen LogP contribution in [0.5, 0.6) is 0 Å². The maximum absolute atomic E-state index is 9.84. The molecule has 17 heavy (non-hydrogen) atoms. The Morgan fingerprint density at radius 1 is 1.06 bits per heavy atom. The largest absolute Gasteiger partial charge is 0.382 e. The highest BCUT2D eigenvalue weighted by Gasteiger charge is 1.81. The summed E-state index contributed by atoms with van der Waals surface area (Å²) in [6, 6.07) is 3.50. The van der Waals surface area contributed by atoms with Gasteiger partial charge in [-0.3, -0.25) is 4.79 Å². The van der Waals surface area contributed by atoms with E-state index in [2.05, 4.69) is 4.98 Å². The maximum atomic E-state index is 9.84. The Balaban J connectivity index is 0. The molecule has 0 unspecified atom stereocenters. The molecule has 0 fully saturated rings. The highest BCUT2D eigenvalue weighted by molar-refractivity contribution is 5.71. The Morgan fingerprint density at radius 3 is 1.65 bits per heavy atom. The van der Waals surface area contributed by atoms with Crippen LogP contribution in [0.15, 0.2) is 18.3 Å². The van der Waals surface area contributed by atoms with E-state index in [4.69, 9.17) is 9.47 Å². The molecular formula is C13H25NO3. The second-order valence-corrected chi connectivity index (χ2v) is 2.81. The number of ether oxygens (including phenoxy) is 2. The number of carbonyl (C=O) groups excluding carboxylic acids is 1. The summed E-state index contributed by atoms with van der Waals surface area (Å²) in [7, 11) is 0. The third-order valence-corrected chi connectivity index (χ3v) is 1.57. The number of aldehydes is 1. The first-order valence-electron chi connectivity index (χ1n) is 6.00. The van der Waals surface area contributed by atoms with Crippen LogP contribution in [0.3, 0.4) is 0 Å². The van der Waals surface area contributed by atoms with Crippen LogP contribution in [0, 0.1) is 0 Å². The summed E-state index contributed by atoms with van der Waals surface area (Å²) in [5.41, 5.74) is 0.625. The maximum Gasteiger partial charge on any atom is 0.166 e. The number of hydrogen-bond donors (Lipinski definition) is 1. The fraction of sp³-hybridized carbons (Fsp3) is 0.615. The van der Waals surface area contributed by atoms with Crippen LogP contribution in [0.2, 0.25) is 0 Å². The quantitative estimate of drug-likeness (QED) is 0.809. The Labute approximate surface area is 104 Å². The molecule has 0 aliphatic rings. The van der Waals surface area contributed by atoms with Crippen molar-refractivity contribution in [3.8, 4) is 0 Å². The van der Waals surface area contributed by atoms with E-state index in [1.807, 2.05) is 27.7 Å². The number of aromatic nitrogens is 1. The lowest BCUT2D eigenvalue weighted by molar-refractivity contribution is 0.111. The highest BCUT2D eigenvalue weighted by atomic mass is 16.5. The van der Waals surface area contributed by atoms with Crippen molar-refractivity contribution in [3.63, 3.8) is 0 Å². The van der Waals surface area contributed by atoms with Crippen molar-refractivity contribution in [2.75, 3.05) is 26.4 Å². The van der Waals surface area contributed by atoms with Gasteiger partial charge in [0.25, 0.3) is 0 Å². The van der Waals surface area contributed by atoms with Gasteiger partial charge in [-0.25, -0.2) is 0 Å². The molecule has 0 saturated heterocycles. The average Bonchev–Trinajstić information content (AvgIpc) is 2.85. The Hall–Kier alpha value is -1.13. The smallest absolute Gasteiger partial charge is 0.166 e. The van der Waals surface area contributed by atoms with Crippen molar-refractivity contribution < 1.29 is 14.3 Å². The molecule has 1 heterocycles. The lowest BCUT2D eigenvalue weighted by Gasteiger charge is -1.86. The molecule has 0 aromatic carbocycles. The third-order valence-electron chi connectivity index (χ3n) is 1.57. The van der Waals surface area contributed by atoms with Gasteiger partial charge in [0.1, 0.15) is 0 Å². The van der Waals surface area contributed by atoms with Gasteiger partial charge in [-0.15, -0.1) is 0 Å². The molecule has 1 N–H and O–H groups in total. The van der Waals surface area contributed by atoms with Crippen LogP contribution >= 0.6 is 0 Å². The van der Waals surface area contributed by atoms with Gasteiger partial charge in [0, 0.05) is 32.6 Å². The fourth-order valence-electron chi connectivity index (χ4n) is 0.826. The van der Waals surface area contributed by atoms with Gasteiger partial charge in [0.15, 0.2) is 6.29 Å². The van der Waals surface area contributed by atoms with Gasteiger partial charge in [-0.1, -0.05) is 0 Å². The van der Waals surface area contributed by atoms with Gasteiger partial charge in [0.2, 0.25) is 0 Å². The van der Waals surface area contributed by atoms with Crippen molar-refractivity contribution in [2.24, 2.45) is 0 Å². The third kappa shape index (κ3) is 17.5. The van der Waals surface area contributed by atoms with Gasteiger partial charge in [-0.2, -0.15) is 0 Å². The standard InChI is InChI=1S/C5H5NO.2C4H10O/c7-4-5-2-1-3-6-5;2*1-3-5-4-2/h1-4,6H;2*3-4H2,1-2H3. The molecule has 0 saturated carbocycles. The second kappa shape index (κ2) is 17.3. The van der Waals surface area contributed by atoms with E-state index < -0.39 is 0 Å². The summed E-state index contributed by atoms with van der Waals surface area (Å²) in [6.07, 6.45) is 2.49. The number of H-pyrrole nitrogens is 1. The summed E-state index contributed by atoms with van der Waals surface area (Å²) >= 11 is 0. The molecule has 4 heteroatoms. The van der Waals surface area contributed by atoms with Crippen molar-refractivity contribution in [2.45, 2.75) is 27.7 Å². The number of aromatic amines is 1. The number of hydrogen-bond acceptors (Lipinski definition) is 3. The average molecular weight is 243 g/mol. The minimum Gasteiger partial charge on any atom is -0.382 e. The van der Waals surface area contributed by atoms with Crippen LogP contribution in [-0.4, -0.2) is 37.7 Å². The molecule has 0 spiro atoms. The Kier molecular flexibility index (Phi) is 18.5. The SMILES string of the molecule is CCOCC.CCOCC.O=Cc1ccc[nH]1. The normalized spacial score (nSPS) is 8.47. The first-order valence-corrected chi connectivity index (χ1v) is 6.00. The fourth-order valence-corrected chi connectivity index (χ4v) is 0.826. The molecule has 4 nitrogen and oxygen atoms in total. The lowest BCUT2D eigenvalue weighted by Crippen LogP contribution is -1.84. The molecule has 0 amide bonds. The lowest BCUT2D eigenvalue weighted by atomic mass is 10.5. The van der Waals surface area contributed by atoms with E-state index in [9.17, 15) is 4.79 Å². The molecule has 0 bridgehead atoms. The summed E-state index contributed by atoms with van der Waals surface area (Å²) in [5.74, 6) is 0. The van der Waals surface area contributed by atoms with Gasteiger partial charge < -0.3 is 14.5 Å². The van der Waals surface area contributed by atoms with Crippen LogP contribution in [-0.2, 0) is 9.47 Å². The first-order chi connectivity index (χ1) is 8.26. The van der Waals surface area contributed by atoms with Gasteiger partial charge >= 0.3 is 0 Å². The Morgan fingerprint density at radius 2 is 1.53 bits per heavy atom. The summed E-state index contributed by atoms with van der Waals surface area (Å²) in [5, 5.41) is 0. The zero-order valence-electron chi connectivity index (χ0n) is 11.4. The predicted molar refractivity (Wildman–Crippen MR) is 70.5 cm³/mol. The van der Waals surface area contributed by atoms with E-state index in [1.165, 1.54) is 0 Å². The highest BCUT2D eigenvalue weighted by Crippen LogP contribution is 1.85. The molecule has 0 radical (unpaired) electrons. The minimum atomic E-state index is 0.625. The Bertz CT molecular complexity index is 213. The summed E-state index contributed by atoms with van der Waals surface area (Å²) in [6.45, 7) is 11.3. The summed E-state index contributed by atoms with van der Waals surface area (Å²) in [4.78, 5) is 12.6. The van der Waals surface area contributed by atoms with E-state index in [1.54, 1.807) is 18.3 Å². The first kappa shape index (κ1) is 18.2. The van der Waals surface area contributed by atoms with Crippen molar-refractivity contribution in [1.82, 2.24) is 4.98 Å². The topological polar surface area (TPSA) is 51.3 Å². The van der Waals surface area contributed by atoms with E-state index in [0.29, 0.717) is 5.69 Å². The summed E-state index contributed by atoms with van der Waals surface area (Å²) < 4.78 is 9.67. The van der Waals surface area contributed by atoms with Crippen LogP contribution < -0.4 is 0 Å². The molecule has 100 valence electrons. The molecule has 0 atom stereocenters. The second-order valence-electron chi connectivity index (χ2n) is 2.81. The monoisotopic (exact) mass is 243 g/mol. The van der Waals surface area contributed by atoms with E-state index in [-0.39, 0.29) is 0 Å². The van der Waals surface area contributed by atoms with Crippen molar-refractivity contribution in [3.05, 3.63) is 24.0 Å². The zero-order chi connectivity index (χ0) is 13.4. The van der Waals surface area contributed by atoms with Crippen LogP contribution in [0.4, 0.5) is 0 Å². The van der Waals surface area contributed by atoms with E-state index >= 15 is 0 Å². The van der Waals surface area contributed by atoms with Crippen molar-refractivity contribution >= 4 is 6.29 Å². The molecule has 1 aromatic heterocycles. The van der Waals surface area contributed by atoms with Crippen LogP contribution in [0.1, 0.15) is 38.2 Å². The number of carbonyl (C=O) groups is 1. The molecule has 1 aromatic rings. The predicted octanol–water partition coefficient (Wildman–Crippen LogP) is 2.91. The number of nitrogens with one attached hydrogen (secondary N) is 1. The van der Waals surface area contributed by atoms with Crippen molar-refractivity contribution in [1.29, 1.82) is 0 Å².